The average molecular weight is 677 g/mol. The number of unbranched alkanes of at least 4 members (excludes halogenated alkanes) is 1. The van der Waals surface area contributed by atoms with Crippen molar-refractivity contribution in [3.05, 3.63) is 82.5 Å². The van der Waals surface area contributed by atoms with Crippen LogP contribution in [0.15, 0.2) is 54.6 Å². The number of hydrogen-bond acceptors (Lipinski definition) is 8. The van der Waals surface area contributed by atoms with Crippen LogP contribution in [0.2, 0.25) is 0 Å². The van der Waals surface area contributed by atoms with Crippen LogP contribution in [0.5, 0.6) is 0 Å². The van der Waals surface area contributed by atoms with Crippen LogP contribution in [0, 0.1) is 0 Å². The Bertz CT molecular complexity index is 1690. The number of rotatable bonds is 12. The van der Waals surface area contributed by atoms with Crippen LogP contribution in [-0.2, 0) is 28.9 Å². The molecule has 3 heterocycles. The lowest BCUT2D eigenvalue weighted by atomic mass is 9.94. The number of carbonyl (C=O) groups is 2. The minimum Gasteiger partial charge on any atom is -0.455 e. The van der Waals surface area contributed by atoms with E-state index in [1.54, 1.807) is 4.90 Å². The van der Waals surface area contributed by atoms with Crippen LogP contribution >= 0.6 is 21.4 Å². The van der Waals surface area contributed by atoms with Gasteiger partial charge < -0.3 is 14.4 Å². The summed E-state index contributed by atoms with van der Waals surface area (Å²) < 4.78 is 12.9. The lowest BCUT2D eigenvalue weighted by Crippen LogP contribution is -2.37. The maximum absolute atomic E-state index is 14.5. The Labute approximate surface area is 284 Å². The summed E-state index contributed by atoms with van der Waals surface area (Å²) in [6, 6.07) is 17.9. The number of pyridine rings is 1. The second kappa shape index (κ2) is 14.7. The number of carbonyl (C=O) groups excluding carboxylic acids is 2. The minimum absolute atomic E-state index is 0.127. The van der Waals surface area contributed by atoms with E-state index in [9.17, 15) is 9.59 Å². The topological polar surface area (TPSA) is 84.9 Å². The maximum Gasteiger partial charge on any atom is 0.357 e. The number of aromatic nitrogens is 2. The van der Waals surface area contributed by atoms with E-state index in [2.05, 4.69) is 36.7 Å². The number of amides is 1. The van der Waals surface area contributed by atoms with E-state index in [0.717, 1.165) is 64.9 Å². The summed E-state index contributed by atoms with van der Waals surface area (Å²) in [6.45, 7) is 9.66. The Morgan fingerprint density at radius 2 is 1.81 bits per heavy atom. The smallest absolute Gasteiger partial charge is 0.357 e. The molecule has 2 aromatic carbocycles. The molecule has 4 aromatic rings. The molecule has 0 N–H and O–H groups in total. The van der Waals surface area contributed by atoms with Crippen LogP contribution in [0.4, 0.5) is 10.9 Å². The molecule has 0 fully saturated rings. The summed E-state index contributed by atoms with van der Waals surface area (Å²) >= 11 is 1.50. The van der Waals surface area contributed by atoms with E-state index in [-0.39, 0.29) is 12.6 Å². The molecule has 0 saturated carbocycles. The third kappa shape index (κ3) is 8.91. The Morgan fingerprint density at radius 3 is 2.53 bits per heavy atom. The highest BCUT2D eigenvalue weighted by Crippen LogP contribution is 2.35. The summed E-state index contributed by atoms with van der Waals surface area (Å²) in [6.07, 6.45) is 10.3. The van der Waals surface area contributed by atoms with Gasteiger partial charge in [-0.3, -0.25) is 9.69 Å². The molecule has 0 saturated heterocycles. The Kier molecular flexibility index (Phi) is 10.9. The summed E-state index contributed by atoms with van der Waals surface area (Å²) in [5.41, 5.74) is 4.24. The maximum atomic E-state index is 14.5. The van der Waals surface area contributed by atoms with E-state index in [0.29, 0.717) is 35.4 Å². The van der Waals surface area contributed by atoms with Gasteiger partial charge in [0.2, 0.25) is 0 Å². The highest BCUT2D eigenvalue weighted by Gasteiger charge is 2.29. The second-order valence-electron chi connectivity index (χ2n) is 13.9. The number of benzene rings is 2. The first-order valence-electron chi connectivity index (χ1n) is 16.3. The van der Waals surface area contributed by atoms with Gasteiger partial charge in [0.25, 0.3) is 5.91 Å². The molecule has 0 radical (unpaired) electrons. The van der Waals surface area contributed by atoms with Gasteiger partial charge in [-0.25, -0.2) is 24.8 Å². The molecule has 1 aliphatic rings. The fourth-order valence-corrected chi connectivity index (χ4v) is 7.06. The van der Waals surface area contributed by atoms with Crippen molar-refractivity contribution in [3.63, 3.8) is 0 Å². The number of aryl methyl sites for hydroxylation is 1. The van der Waals surface area contributed by atoms with Crippen molar-refractivity contribution in [2.45, 2.75) is 65.5 Å². The zero-order valence-electron chi connectivity index (χ0n) is 28.8. The van der Waals surface area contributed by atoms with Crippen molar-refractivity contribution < 1.29 is 19.1 Å². The fraction of sp³-hybridized carbons (Fsp3) is 0.459. The van der Waals surface area contributed by atoms with Crippen LogP contribution < -0.4 is 9.80 Å². The van der Waals surface area contributed by atoms with Crippen LogP contribution in [0.3, 0.4) is 0 Å². The molecule has 0 unspecified atom stereocenters. The van der Waals surface area contributed by atoms with Crippen molar-refractivity contribution in [2.24, 2.45) is 0 Å². The van der Waals surface area contributed by atoms with Crippen molar-refractivity contribution in [2.75, 3.05) is 54.2 Å². The van der Waals surface area contributed by atoms with Gasteiger partial charge in [0, 0.05) is 24.4 Å². The van der Waals surface area contributed by atoms with Crippen LogP contribution in [0.25, 0.3) is 10.2 Å². The van der Waals surface area contributed by atoms with Crippen molar-refractivity contribution in [1.29, 1.82) is 0 Å². The zero-order valence-corrected chi connectivity index (χ0v) is 30.4. The summed E-state index contributed by atoms with van der Waals surface area (Å²) in [5, 5.41) is 0.621. The predicted octanol–water partition coefficient (Wildman–Crippen LogP) is 7.87. The summed E-state index contributed by atoms with van der Waals surface area (Å²) in [5.74, 6) is 1.12. The second-order valence-corrected chi connectivity index (χ2v) is 19.5. The Hall–Kier alpha value is -3.47. The number of ether oxygens (including phenoxy) is 2. The number of anilines is 2. The van der Waals surface area contributed by atoms with E-state index in [1.165, 1.54) is 11.3 Å². The third-order valence-corrected chi connectivity index (χ3v) is 10.5. The van der Waals surface area contributed by atoms with Gasteiger partial charge in [-0.05, 0) is 99.8 Å². The quantitative estimate of drug-likeness (QED) is 0.0858. The number of nitrogens with zero attached hydrogens (tertiary/aromatic N) is 4. The first-order chi connectivity index (χ1) is 22.3. The molecule has 2 aromatic heterocycles. The normalized spacial score (nSPS) is 13.8. The minimum atomic E-state index is -0.731. The third-order valence-electron chi connectivity index (χ3n) is 8.00. The SMILES string of the molecule is CCCCc1ccc(N2CCc3cccc(C(=O)N(COCCS(C)(C)C)c4nc5ccccc5s4)c3C2)nc1C(=O)OC(C)(C)C. The van der Waals surface area contributed by atoms with Crippen molar-refractivity contribution in [1.82, 2.24) is 9.97 Å². The Balaban J connectivity index is 1.45. The summed E-state index contributed by atoms with van der Waals surface area (Å²) in [7, 11) is -0.731. The van der Waals surface area contributed by atoms with E-state index >= 15 is 0 Å². The van der Waals surface area contributed by atoms with E-state index in [1.807, 2.05) is 69.3 Å². The van der Waals surface area contributed by atoms with Crippen molar-refractivity contribution >= 4 is 54.4 Å². The van der Waals surface area contributed by atoms with Gasteiger partial charge in [0.05, 0.1) is 16.8 Å². The van der Waals surface area contributed by atoms with Gasteiger partial charge >= 0.3 is 5.97 Å². The van der Waals surface area contributed by atoms with Crippen LogP contribution in [0.1, 0.15) is 78.1 Å². The van der Waals surface area contributed by atoms with Gasteiger partial charge in [-0.2, -0.15) is 0 Å². The fourth-order valence-electron chi connectivity index (χ4n) is 5.49. The largest absolute Gasteiger partial charge is 0.455 e. The number of fused-ring (bicyclic) bond motifs is 2. The first-order valence-corrected chi connectivity index (χ1v) is 20.2. The molecule has 0 bridgehead atoms. The molecule has 0 atom stereocenters. The molecule has 10 heteroatoms. The molecule has 47 heavy (non-hydrogen) atoms. The highest BCUT2D eigenvalue weighted by molar-refractivity contribution is 8.32. The van der Waals surface area contributed by atoms with Gasteiger partial charge in [0.15, 0.2) is 10.8 Å². The molecule has 8 nitrogen and oxygen atoms in total. The molecular formula is C37H48N4O4S2. The molecule has 5 rings (SSSR count). The van der Waals surface area contributed by atoms with E-state index < -0.39 is 21.6 Å². The summed E-state index contributed by atoms with van der Waals surface area (Å²) in [4.78, 5) is 41.3. The molecular weight excluding hydrogens is 629 g/mol. The zero-order chi connectivity index (χ0) is 33.8. The number of para-hydroxylation sites is 1. The molecule has 0 aliphatic carbocycles. The lowest BCUT2D eigenvalue weighted by molar-refractivity contribution is 0.00614. The van der Waals surface area contributed by atoms with E-state index in [4.69, 9.17) is 19.4 Å². The van der Waals surface area contributed by atoms with Gasteiger partial charge in [-0.15, -0.1) is 0 Å². The molecule has 252 valence electrons. The van der Waals surface area contributed by atoms with Crippen LogP contribution in [-0.4, -0.2) is 71.8 Å². The lowest BCUT2D eigenvalue weighted by Gasteiger charge is -2.32. The highest BCUT2D eigenvalue weighted by atomic mass is 32.3. The predicted molar refractivity (Wildman–Crippen MR) is 197 cm³/mol. The first kappa shape index (κ1) is 34.9. The number of thiazole rings is 1. The number of esters is 1. The van der Waals surface area contributed by atoms with Gasteiger partial charge in [0.1, 0.15) is 18.1 Å². The monoisotopic (exact) mass is 676 g/mol. The molecule has 1 amide bonds. The Morgan fingerprint density at radius 1 is 1.02 bits per heavy atom. The number of hydrogen-bond donors (Lipinski definition) is 0. The molecule has 0 spiro atoms. The van der Waals surface area contributed by atoms with Gasteiger partial charge in [-0.1, -0.05) is 55.0 Å². The van der Waals surface area contributed by atoms with Crippen molar-refractivity contribution in [3.8, 4) is 0 Å². The molecule has 1 aliphatic heterocycles. The average Bonchev–Trinajstić information content (AvgIpc) is 3.45. The standard InChI is InChI=1S/C37H48N4O4S2/c1-8-9-13-27-18-19-32(39-33(27)35(43)45-37(2,3)4)40-21-20-26-14-12-15-28(29(26)24-40)34(42)41(25-44-22-23-47(5,6)7)36-38-30-16-10-11-17-31(30)46-36/h10-12,14-19H,8-9,13,20-25H2,1-7H3.